The van der Waals surface area contributed by atoms with Gasteiger partial charge in [0.15, 0.2) is 0 Å². The van der Waals surface area contributed by atoms with Crippen LogP contribution in [0.4, 0.5) is 0 Å². The number of benzene rings is 1. The van der Waals surface area contributed by atoms with E-state index in [-0.39, 0.29) is 5.91 Å². The van der Waals surface area contributed by atoms with E-state index in [2.05, 4.69) is 21.2 Å². The van der Waals surface area contributed by atoms with Crippen molar-refractivity contribution >= 4 is 21.8 Å². The van der Waals surface area contributed by atoms with Crippen molar-refractivity contribution in [1.82, 2.24) is 5.32 Å². The van der Waals surface area contributed by atoms with Crippen LogP contribution in [0.15, 0.2) is 30.3 Å². The number of alkyl halides is 1. The molecule has 1 rings (SSSR count). The number of nitrogens with one attached hydrogen (secondary N) is 1. The number of ether oxygens (including phenoxy) is 1. The summed E-state index contributed by atoms with van der Waals surface area (Å²) in [7, 11) is 0. The van der Waals surface area contributed by atoms with Gasteiger partial charge in [-0.2, -0.15) is 0 Å². The van der Waals surface area contributed by atoms with Gasteiger partial charge in [0.1, 0.15) is 0 Å². The number of halogens is 1. The molecule has 3 nitrogen and oxygen atoms in total. The van der Waals surface area contributed by atoms with Crippen LogP contribution >= 0.6 is 15.9 Å². The van der Waals surface area contributed by atoms with Gasteiger partial charge in [0.2, 0.25) is 5.91 Å². The topological polar surface area (TPSA) is 38.3 Å². The predicted molar refractivity (Wildman–Crippen MR) is 72.4 cm³/mol. The van der Waals surface area contributed by atoms with Crippen LogP contribution in [0.1, 0.15) is 12.0 Å². The lowest BCUT2D eigenvalue weighted by atomic mass is 10.1. The highest BCUT2D eigenvalue weighted by Crippen LogP contribution is 1.98. The summed E-state index contributed by atoms with van der Waals surface area (Å²) < 4.78 is 5.28. The zero-order chi connectivity index (χ0) is 12.3. The van der Waals surface area contributed by atoms with Crippen molar-refractivity contribution in [1.29, 1.82) is 0 Å². The van der Waals surface area contributed by atoms with E-state index in [4.69, 9.17) is 4.74 Å². The second-order valence-corrected chi connectivity index (χ2v) is 4.46. The van der Waals surface area contributed by atoms with Crippen molar-refractivity contribution in [3.8, 4) is 0 Å². The zero-order valence-electron chi connectivity index (χ0n) is 9.82. The van der Waals surface area contributed by atoms with Crippen LogP contribution in [0.2, 0.25) is 0 Å². The molecule has 1 aromatic rings. The molecule has 17 heavy (non-hydrogen) atoms. The van der Waals surface area contributed by atoms with E-state index in [1.807, 2.05) is 30.3 Å². The maximum atomic E-state index is 11.5. The lowest BCUT2D eigenvalue weighted by Crippen LogP contribution is -2.26. The molecule has 1 N–H and O–H groups in total. The van der Waals surface area contributed by atoms with Crippen molar-refractivity contribution in [2.75, 3.05) is 25.1 Å². The summed E-state index contributed by atoms with van der Waals surface area (Å²) in [5, 5.41) is 3.73. The van der Waals surface area contributed by atoms with Gasteiger partial charge >= 0.3 is 0 Å². The maximum Gasteiger partial charge on any atom is 0.224 e. The lowest BCUT2D eigenvalue weighted by Gasteiger charge is -2.05. The van der Waals surface area contributed by atoms with Crippen LogP contribution in [-0.2, 0) is 16.0 Å². The number of amides is 1. The monoisotopic (exact) mass is 299 g/mol. The molecule has 1 aromatic carbocycles. The smallest absolute Gasteiger partial charge is 0.224 e. The lowest BCUT2D eigenvalue weighted by molar-refractivity contribution is -0.120. The molecule has 0 spiro atoms. The first-order chi connectivity index (χ1) is 8.33. The second-order valence-electron chi connectivity index (χ2n) is 3.67. The zero-order valence-corrected chi connectivity index (χ0v) is 11.4. The Bertz CT molecular complexity index is 316. The van der Waals surface area contributed by atoms with Crippen LogP contribution in [-0.4, -0.2) is 31.0 Å². The second kappa shape index (κ2) is 9.19. The van der Waals surface area contributed by atoms with Crippen molar-refractivity contribution in [2.24, 2.45) is 0 Å². The number of hydrogen-bond donors (Lipinski definition) is 1. The Balaban J connectivity index is 2.06. The Hall–Kier alpha value is -0.870. The van der Waals surface area contributed by atoms with E-state index in [1.54, 1.807) is 0 Å². The fourth-order valence-corrected chi connectivity index (χ4v) is 1.63. The van der Waals surface area contributed by atoms with E-state index in [0.29, 0.717) is 19.6 Å². The van der Waals surface area contributed by atoms with E-state index >= 15 is 0 Å². The molecule has 0 fully saturated rings. The first-order valence-corrected chi connectivity index (χ1v) is 6.89. The van der Waals surface area contributed by atoms with Crippen molar-refractivity contribution in [3.63, 3.8) is 0 Å². The standard InChI is InChI=1S/C13H18BrNO2/c14-7-10-17-9-4-8-15-13(16)11-12-5-2-1-3-6-12/h1-3,5-6H,4,7-11H2,(H,15,16). The molecule has 0 radical (unpaired) electrons. The molecule has 0 bridgehead atoms. The normalized spacial score (nSPS) is 10.2. The Kier molecular flexibility index (Phi) is 7.67. The molecule has 1 amide bonds. The summed E-state index contributed by atoms with van der Waals surface area (Å²) in [5.74, 6) is 0.0664. The van der Waals surface area contributed by atoms with Gasteiger partial charge in [-0.25, -0.2) is 0 Å². The van der Waals surface area contributed by atoms with E-state index < -0.39 is 0 Å². The third-order valence-electron chi connectivity index (χ3n) is 2.22. The summed E-state index contributed by atoms with van der Waals surface area (Å²) in [6, 6.07) is 9.74. The average molecular weight is 300 g/mol. The summed E-state index contributed by atoms with van der Waals surface area (Å²) in [6.07, 6.45) is 1.30. The summed E-state index contributed by atoms with van der Waals surface area (Å²) in [5.41, 5.74) is 1.04. The van der Waals surface area contributed by atoms with E-state index in [9.17, 15) is 4.79 Å². The van der Waals surface area contributed by atoms with Crippen LogP contribution in [0.5, 0.6) is 0 Å². The first kappa shape index (κ1) is 14.2. The van der Waals surface area contributed by atoms with Gasteiger partial charge in [-0.3, -0.25) is 4.79 Å². The number of hydrogen-bond acceptors (Lipinski definition) is 2. The molecule has 4 heteroatoms. The minimum absolute atomic E-state index is 0.0664. The predicted octanol–water partition coefficient (Wildman–Crippen LogP) is 2.15. The van der Waals surface area contributed by atoms with Gasteiger partial charge in [0, 0.05) is 18.5 Å². The Morgan fingerprint density at radius 1 is 1.24 bits per heavy atom. The van der Waals surface area contributed by atoms with Gasteiger partial charge in [-0.15, -0.1) is 0 Å². The molecule has 0 aliphatic carbocycles. The van der Waals surface area contributed by atoms with Crippen molar-refractivity contribution in [3.05, 3.63) is 35.9 Å². The van der Waals surface area contributed by atoms with Crippen LogP contribution < -0.4 is 5.32 Å². The Labute approximate surface area is 111 Å². The quantitative estimate of drug-likeness (QED) is 0.590. The Morgan fingerprint density at radius 3 is 2.71 bits per heavy atom. The molecule has 0 aromatic heterocycles. The molecular weight excluding hydrogens is 282 g/mol. The molecule has 0 saturated heterocycles. The minimum Gasteiger partial charge on any atom is -0.381 e. The third-order valence-corrected chi connectivity index (χ3v) is 2.54. The maximum absolute atomic E-state index is 11.5. The van der Waals surface area contributed by atoms with Gasteiger partial charge in [-0.05, 0) is 12.0 Å². The number of carbonyl (C=O) groups is 1. The van der Waals surface area contributed by atoms with Crippen LogP contribution in [0, 0.1) is 0 Å². The highest BCUT2D eigenvalue weighted by Gasteiger charge is 2.01. The molecule has 0 aliphatic heterocycles. The summed E-state index contributed by atoms with van der Waals surface area (Å²) in [4.78, 5) is 11.5. The molecule has 0 saturated carbocycles. The SMILES string of the molecule is O=C(Cc1ccccc1)NCCCOCCBr. The molecule has 0 unspecified atom stereocenters. The highest BCUT2D eigenvalue weighted by atomic mass is 79.9. The fourth-order valence-electron chi connectivity index (χ4n) is 1.40. The van der Waals surface area contributed by atoms with Gasteiger partial charge < -0.3 is 10.1 Å². The highest BCUT2D eigenvalue weighted by molar-refractivity contribution is 9.09. The van der Waals surface area contributed by atoms with Crippen molar-refractivity contribution < 1.29 is 9.53 Å². The minimum atomic E-state index is 0.0664. The molecule has 94 valence electrons. The number of carbonyl (C=O) groups excluding carboxylic acids is 1. The molecular formula is C13H18BrNO2. The summed E-state index contributed by atoms with van der Waals surface area (Å²) in [6.45, 7) is 2.09. The van der Waals surface area contributed by atoms with Gasteiger partial charge in [0.25, 0.3) is 0 Å². The molecule has 0 heterocycles. The van der Waals surface area contributed by atoms with Gasteiger partial charge in [-0.1, -0.05) is 46.3 Å². The largest absolute Gasteiger partial charge is 0.381 e. The number of rotatable bonds is 8. The van der Waals surface area contributed by atoms with E-state index in [0.717, 1.165) is 23.9 Å². The fraction of sp³-hybridized carbons (Fsp3) is 0.462. The third kappa shape index (κ3) is 7.13. The summed E-state index contributed by atoms with van der Waals surface area (Å²) >= 11 is 3.28. The molecule has 0 aliphatic rings. The van der Waals surface area contributed by atoms with Crippen LogP contribution in [0.25, 0.3) is 0 Å². The average Bonchev–Trinajstić information content (AvgIpc) is 2.35. The van der Waals surface area contributed by atoms with Gasteiger partial charge in [0.05, 0.1) is 13.0 Å². The van der Waals surface area contributed by atoms with Crippen molar-refractivity contribution in [2.45, 2.75) is 12.8 Å². The van der Waals surface area contributed by atoms with Crippen LogP contribution in [0.3, 0.4) is 0 Å². The van der Waals surface area contributed by atoms with E-state index in [1.165, 1.54) is 0 Å². The molecule has 0 atom stereocenters. The Morgan fingerprint density at radius 2 is 2.00 bits per heavy atom. The first-order valence-electron chi connectivity index (χ1n) is 5.77.